The number of aryl methyl sites for hydroxylation is 1. The fourth-order valence-corrected chi connectivity index (χ4v) is 3.04. The number of oxazole rings is 2. The van der Waals surface area contributed by atoms with E-state index in [9.17, 15) is 10.2 Å². The van der Waals surface area contributed by atoms with E-state index in [2.05, 4.69) is 16.5 Å². The lowest BCUT2D eigenvalue weighted by atomic mass is 10.1. The molecular weight excluding hydrogens is 356 g/mol. The van der Waals surface area contributed by atoms with Gasteiger partial charge < -0.3 is 19.0 Å². The largest absolute Gasteiger partial charge is 0.507 e. The van der Waals surface area contributed by atoms with E-state index >= 15 is 0 Å². The number of hydrogen-bond acceptors (Lipinski definition) is 6. The van der Waals surface area contributed by atoms with Crippen molar-refractivity contribution >= 4 is 12.2 Å². The molecule has 0 fully saturated rings. The predicted octanol–water partition coefficient (Wildman–Crippen LogP) is 3.35. The van der Waals surface area contributed by atoms with E-state index in [1.807, 2.05) is 6.92 Å². The molecule has 0 atom stereocenters. The van der Waals surface area contributed by atoms with Crippen molar-refractivity contribution in [3.63, 3.8) is 0 Å². The lowest BCUT2D eigenvalue weighted by Crippen LogP contribution is -2.23. The average Bonchev–Trinajstić information content (AvgIpc) is 3.25. The van der Waals surface area contributed by atoms with Crippen LogP contribution in [0.2, 0.25) is 0 Å². The van der Waals surface area contributed by atoms with Gasteiger partial charge in [0.05, 0.1) is 11.1 Å². The SMILES string of the molecule is C=c1oc(-c2ccccc2O)n/c1=C(/C)c1nc(-c2ccccc2O)oc1C. The van der Waals surface area contributed by atoms with E-state index in [0.717, 1.165) is 5.57 Å². The normalized spacial score (nSPS) is 12.2. The molecule has 2 aromatic heterocycles. The molecule has 0 amide bonds. The summed E-state index contributed by atoms with van der Waals surface area (Å²) in [4.78, 5) is 9.04. The molecule has 0 saturated heterocycles. The Morgan fingerprint density at radius 3 is 1.96 bits per heavy atom. The first-order valence-corrected chi connectivity index (χ1v) is 8.67. The summed E-state index contributed by atoms with van der Waals surface area (Å²) in [6, 6.07) is 13.7. The Labute approximate surface area is 160 Å². The topological polar surface area (TPSA) is 92.5 Å². The Morgan fingerprint density at radius 1 is 0.857 bits per heavy atom. The van der Waals surface area contributed by atoms with Crippen LogP contribution in [0.3, 0.4) is 0 Å². The van der Waals surface area contributed by atoms with E-state index in [1.165, 1.54) is 0 Å². The number of benzene rings is 2. The number of phenolic OH excluding ortho intramolecular Hbond substituents is 2. The summed E-state index contributed by atoms with van der Waals surface area (Å²) in [5.74, 6) is 1.35. The van der Waals surface area contributed by atoms with E-state index < -0.39 is 0 Å². The molecule has 0 spiro atoms. The van der Waals surface area contributed by atoms with E-state index in [4.69, 9.17) is 8.83 Å². The first-order chi connectivity index (χ1) is 13.5. The standard InChI is InChI=1S/C22H18N2O4/c1-12(19-13(2)27-21(23-19)15-8-4-6-10-17(15)25)20-14(3)28-22(24-20)16-9-5-7-11-18(16)26/h4-11,25-26H,2H2,1,3H3/b19-12-. The van der Waals surface area contributed by atoms with Crippen LogP contribution in [0, 0.1) is 6.92 Å². The maximum absolute atomic E-state index is 10.1. The Bertz CT molecular complexity index is 1280. The second-order valence-corrected chi connectivity index (χ2v) is 6.37. The summed E-state index contributed by atoms with van der Waals surface area (Å²) in [5, 5.41) is 20.6. The molecule has 140 valence electrons. The number of nitrogens with zero attached hydrogens (tertiary/aromatic N) is 2. The maximum atomic E-state index is 10.1. The molecule has 0 saturated carbocycles. The number of aromatic nitrogens is 2. The van der Waals surface area contributed by atoms with Crippen LogP contribution in [0.5, 0.6) is 11.5 Å². The van der Waals surface area contributed by atoms with Crippen molar-refractivity contribution in [3.8, 4) is 34.4 Å². The fraction of sp³-hybridized carbons (Fsp3) is 0.0909. The van der Waals surface area contributed by atoms with Gasteiger partial charge in [-0.15, -0.1) is 0 Å². The highest BCUT2D eigenvalue weighted by Gasteiger charge is 2.17. The predicted molar refractivity (Wildman–Crippen MR) is 105 cm³/mol. The van der Waals surface area contributed by atoms with Gasteiger partial charge in [-0.3, -0.25) is 0 Å². The van der Waals surface area contributed by atoms with Crippen LogP contribution in [-0.4, -0.2) is 20.2 Å². The molecule has 4 aromatic rings. The zero-order chi connectivity index (χ0) is 19.8. The van der Waals surface area contributed by atoms with Gasteiger partial charge in [-0.05, 0) is 38.1 Å². The van der Waals surface area contributed by atoms with Gasteiger partial charge in [0.2, 0.25) is 11.8 Å². The van der Waals surface area contributed by atoms with E-state index in [-0.39, 0.29) is 17.4 Å². The smallest absolute Gasteiger partial charge is 0.231 e. The summed E-state index contributed by atoms with van der Waals surface area (Å²) >= 11 is 0. The molecule has 0 unspecified atom stereocenters. The van der Waals surface area contributed by atoms with Crippen molar-refractivity contribution in [2.24, 2.45) is 0 Å². The van der Waals surface area contributed by atoms with Crippen LogP contribution < -0.4 is 10.8 Å². The maximum Gasteiger partial charge on any atom is 0.231 e. The number of rotatable bonds is 3. The lowest BCUT2D eigenvalue weighted by Gasteiger charge is -1.98. The Balaban J connectivity index is 1.85. The minimum absolute atomic E-state index is 0.0763. The minimum atomic E-state index is 0.0763. The van der Waals surface area contributed by atoms with Crippen LogP contribution in [0.4, 0.5) is 0 Å². The number of phenols is 2. The van der Waals surface area contributed by atoms with E-state index in [0.29, 0.717) is 39.2 Å². The van der Waals surface area contributed by atoms with Gasteiger partial charge in [0, 0.05) is 5.57 Å². The molecule has 0 bridgehead atoms. The zero-order valence-electron chi connectivity index (χ0n) is 15.4. The van der Waals surface area contributed by atoms with Crippen molar-refractivity contribution in [1.29, 1.82) is 0 Å². The molecule has 0 radical (unpaired) electrons. The Hall–Kier alpha value is -3.80. The molecular formula is C22H18N2O4. The van der Waals surface area contributed by atoms with Gasteiger partial charge in [-0.1, -0.05) is 30.8 Å². The molecule has 0 aliphatic heterocycles. The lowest BCUT2D eigenvalue weighted by molar-refractivity contribution is 0.470. The molecule has 6 heteroatoms. The summed E-state index contributed by atoms with van der Waals surface area (Å²) in [5.41, 5.74) is 2.67. The Morgan fingerprint density at radius 2 is 1.39 bits per heavy atom. The Kier molecular flexibility index (Phi) is 4.24. The second-order valence-electron chi connectivity index (χ2n) is 6.37. The highest BCUT2D eigenvalue weighted by Crippen LogP contribution is 2.31. The number of hydrogen-bond donors (Lipinski definition) is 2. The molecule has 2 N–H and O–H groups in total. The van der Waals surface area contributed by atoms with Crippen molar-refractivity contribution in [1.82, 2.24) is 9.97 Å². The molecule has 6 nitrogen and oxygen atoms in total. The summed E-state index contributed by atoms with van der Waals surface area (Å²) < 4.78 is 11.4. The van der Waals surface area contributed by atoms with Crippen LogP contribution >= 0.6 is 0 Å². The van der Waals surface area contributed by atoms with Gasteiger partial charge in [0.15, 0.2) is 0 Å². The third-order valence-electron chi connectivity index (χ3n) is 4.47. The molecule has 2 heterocycles. The summed E-state index contributed by atoms with van der Waals surface area (Å²) in [7, 11) is 0. The first-order valence-electron chi connectivity index (χ1n) is 8.67. The average molecular weight is 374 g/mol. The summed E-state index contributed by atoms with van der Waals surface area (Å²) in [6.45, 7) is 7.56. The van der Waals surface area contributed by atoms with E-state index in [1.54, 1.807) is 55.5 Å². The zero-order valence-corrected chi connectivity index (χ0v) is 15.4. The van der Waals surface area contributed by atoms with Gasteiger partial charge in [0.25, 0.3) is 0 Å². The van der Waals surface area contributed by atoms with Gasteiger partial charge >= 0.3 is 0 Å². The molecule has 4 rings (SSSR count). The van der Waals surface area contributed by atoms with Crippen molar-refractivity contribution < 1.29 is 19.0 Å². The summed E-state index contributed by atoms with van der Waals surface area (Å²) in [6.07, 6.45) is 0. The third-order valence-corrected chi connectivity index (χ3v) is 4.47. The van der Waals surface area contributed by atoms with Crippen LogP contribution in [0.25, 0.3) is 35.1 Å². The van der Waals surface area contributed by atoms with Gasteiger partial charge in [-0.2, -0.15) is 0 Å². The molecule has 2 aromatic carbocycles. The molecule has 28 heavy (non-hydrogen) atoms. The number of para-hydroxylation sites is 2. The van der Waals surface area contributed by atoms with Gasteiger partial charge in [-0.25, -0.2) is 9.97 Å². The monoisotopic (exact) mass is 374 g/mol. The van der Waals surface area contributed by atoms with Crippen LogP contribution in [-0.2, 0) is 0 Å². The van der Waals surface area contributed by atoms with Gasteiger partial charge in [0.1, 0.15) is 33.7 Å². The first kappa shape index (κ1) is 17.6. The van der Waals surface area contributed by atoms with Crippen LogP contribution in [0.15, 0.2) is 57.4 Å². The molecule has 0 aliphatic carbocycles. The van der Waals surface area contributed by atoms with Crippen molar-refractivity contribution in [3.05, 3.63) is 70.7 Å². The highest BCUT2D eigenvalue weighted by atomic mass is 16.4. The number of aromatic hydroxyl groups is 2. The highest BCUT2D eigenvalue weighted by molar-refractivity contribution is 5.68. The van der Waals surface area contributed by atoms with Crippen molar-refractivity contribution in [2.45, 2.75) is 13.8 Å². The van der Waals surface area contributed by atoms with Crippen molar-refractivity contribution in [2.75, 3.05) is 0 Å². The quantitative estimate of drug-likeness (QED) is 0.571. The van der Waals surface area contributed by atoms with Crippen LogP contribution in [0.1, 0.15) is 18.4 Å². The fourth-order valence-electron chi connectivity index (χ4n) is 3.04. The minimum Gasteiger partial charge on any atom is -0.507 e. The third kappa shape index (κ3) is 2.95. The second kappa shape index (κ2) is 6.74. The molecule has 0 aliphatic rings.